The third-order valence-corrected chi connectivity index (χ3v) is 4.93. The molecule has 2 fully saturated rings. The van der Waals surface area contributed by atoms with Crippen LogP contribution in [-0.4, -0.2) is 50.8 Å². The van der Waals surface area contributed by atoms with Gasteiger partial charge in [0.1, 0.15) is 11.8 Å². The van der Waals surface area contributed by atoms with Crippen LogP contribution in [0.25, 0.3) is 0 Å². The lowest BCUT2D eigenvalue weighted by molar-refractivity contribution is 0.0902. The molecule has 1 aliphatic carbocycles. The number of hydrazine groups is 1. The van der Waals surface area contributed by atoms with E-state index in [1.165, 1.54) is 10.9 Å². The van der Waals surface area contributed by atoms with Crippen molar-refractivity contribution in [2.24, 2.45) is 13.0 Å². The van der Waals surface area contributed by atoms with E-state index in [0.717, 1.165) is 25.7 Å². The van der Waals surface area contributed by atoms with E-state index in [2.05, 4.69) is 31.8 Å². The summed E-state index contributed by atoms with van der Waals surface area (Å²) in [5, 5.41) is 13.3. The fraction of sp³-hybridized carbons (Fsp3) is 0.765. The second-order valence-corrected chi connectivity index (χ2v) is 8.38. The first-order valence-electron chi connectivity index (χ1n) is 9.36. The number of aryl methyl sites for hydroxylation is 1. The third kappa shape index (κ3) is 5.16. The maximum absolute atomic E-state index is 12.3. The lowest BCUT2D eigenvalue weighted by Crippen LogP contribution is -2.45. The van der Waals surface area contributed by atoms with E-state index in [0.29, 0.717) is 11.6 Å². The van der Waals surface area contributed by atoms with Crippen molar-refractivity contribution in [1.29, 1.82) is 0 Å². The Balaban J connectivity index is 1.44. The first-order valence-corrected chi connectivity index (χ1v) is 9.36. The third-order valence-electron chi connectivity index (χ3n) is 4.93. The van der Waals surface area contributed by atoms with Gasteiger partial charge in [0.15, 0.2) is 0 Å². The van der Waals surface area contributed by atoms with E-state index in [1.54, 1.807) is 7.05 Å². The molecule has 10 nitrogen and oxygen atoms in total. The molecule has 0 bridgehead atoms. The molecule has 1 aromatic rings. The Morgan fingerprint density at radius 1 is 1.26 bits per heavy atom. The molecule has 2 amide bonds. The highest BCUT2D eigenvalue weighted by molar-refractivity contribution is 5.92. The number of nitrogens with zero attached hydrogens (tertiary/aromatic N) is 3. The van der Waals surface area contributed by atoms with Crippen molar-refractivity contribution in [3.8, 4) is 0 Å². The van der Waals surface area contributed by atoms with Crippen LogP contribution in [0.1, 0.15) is 56.9 Å². The Morgan fingerprint density at radius 2 is 2.04 bits per heavy atom. The van der Waals surface area contributed by atoms with E-state index in [4.69, 9.17) is 4.74 Å². The van der Waals surface area contributed by atoms with Crippen LogP contribution in [-0.2, 0) is 11.8 Å². The van der Waals surface area contributed by atoms with Gasteiger partial charge in [-0.2, -0.15) is 0 Å². The second-order valence-electron chi connectivity index (χ2n) is 8.38. The minimum atomic E-state index is -0.361. The van der Waals surface area contributed by atoms with Crippen molar-refractivity contribution >= 4 is 12.0 Å². The fourth-order valence-corrected chi connectivity index (χ4v) is 3.65. The van der Waals surface area contributed by atoms with E-state index >= 15 is 0 Å². The monoisotopic (exact) mass is 379 g/mol. The summed E-state index contributed by atoms with van der Waals surface area (Å²) in [7, 11) is 1.68. The van der Waals surface area contributed by atoms with E-state index < -0.39 is 0 Å². The zero-order chi connectivity index (χ0) is 19.6. The molecule has 10 heteroatoms. The van der Waals surface area contributed by atoms with Gasteiger partial charge in [-0.1, -0.05) is 5.21 Å². The molecule has 4 N–H and O–H groups in total. The first-order chi connectivity index (χ1) is 12.7. The maximum Gasteiger partial charge on any atom is 0.407 e. The summed E-state index contributed by atoms with van der Waals surface area (Å²) in [6.45, 7) is 5.78. The smallest absolute Gasteiger partial charge is 0.407 e. The number of ether oxygens (including phenoxy) is 1. The van der Waals surface area contributed by atoms with Crippen LogP contribution in [0.3, 0.4) is 0 Å². The standard InChI is InChI=1S/C17H29N7O3/c1-17(2,3)20-16(26)27-11-6-5-10(7-11)12-8-14(22-21-12)19-15(25)13-9-18-23-24(13)4/h9-12,14,21-22H,5-8H2,1-4H3,(H,19,25)(H,20,26)/t10-,11+,12?,14?/m0/s1. The number of hydrogen-bond acceptors (Lipinski definition) is 7. The highest BCUT2D eigenvalue weighted by atomic mass is 16.6. The predicted octanol–water partition coefficient (Wildman–Crippen LogP) is 0.431. The molecule has 1 aromatic heterocycles. The van der Waals surface area contributed by atoms with Crippen LogP contribution in [0.5, 0.6) is 0 Å². The van der Waals surface area contributed by atoms with Crippen molar-refractivity contribution in [3.05, 3.63) is 11.9 Å². The quantitative estimate of drug-likeness (QED) is 0.598. The van der Waals surface area contributed by atoms with Crippen molar-refractivity contribution < 1.29 is 14.3 Å². The molecule has 4 atom stereocenters. The van der Waals surface area contributed by atoms with Gasteiger partial charge >= 0.3 is 6.09 Å². The molecule has 1 aliphatic heterocycles. The van der Waals surface area contributed by atoms with Crippen LogP contribution in [0.4, 0.5) is 4.79 Å². The number of nitrogens with one attached hydrogen (secondary N) is 4. The Kier molecular flexibility index (Phi) is 5.66. The SMILES string of the molecule is Cn1nncc1C(=O)NC1CC([C@H]2CC[C@@H](OC(=O)NC(C)(C)C)C2)NN1. The molecule has 0 aromatic carbocycles. The minimum Gasteiger partial charge on any atom is -0.446 e. The summed E-state index contributed by atoms with van der Waals surface area (Å²) in [6, 6.07) is 0.222. The average Bonchev–Trinajstić information content (AvgIpc) is 3.26. The Labute approximate surface area is 158 Å². The Bertz CT molecular complexity index is 684. The number of alkyl carbamates (subject to hydrolysis) is 1. The molecule has 1 saturated carbocycles. The van der Waals surface area contributed by atoms with Gasteiger partial charge in [-0.3, -0.25) is 10.2 Å². The molecule has 1 saturated heterocycles. The molecular formula is C17H29N7O3. The number of amides is 2. The fourth-order valence-electron chi connectivity index (χ4n) is 3.65. The summed E-state index contributed by atoms with van der Waals surface area (Å²) in [6.07, 6.45) is 4.29. The van der Waals surface area contributed by atoms with Crippen LogP contribution in [0.15, 0.2) is 6.20 Å². The summed E-state index contributed by atoms with van der Waals surface area (Å²) in [5.41, 5.74) is 6.51. The second kappa shape index (κ2) is 7.81. The average molecular weight is 379 g/mol. The van der Waals surface area contributed by atoms with Gasteiger partial charge in [0.2, 0.25) is 0 Å². The first kappa shape index (κ1) is 19.6. The van der Waals surface area contributed by atoms with E-state index in [9.17, 15) is 9.59 Å². The molecule has 2 aliphatic rings. The van der Waals surface area contributed by atoms with E-state index in [1.807, 2.05) is 20.8 Å². The number of carbonyl (C=O) groups excluding carboxylic acids is 2. The van der Waals surface area contributed by atoms with Gasteiger partial charge in [-0.05, 0) is 52.4 Å². The highest BCUT2D eigenvalue weighted by Gasteiger charge is 2.37. The van der Waals surface area contributed by atoms with Crippen LogP contribution >= 0.6 is 0 Å². The Morgan fingerprint density at radius 3 is 2.70 bits per heavy atom. The zero-order valence-corrected chi connectivity index (χ0v) is 16.3. The van der Waals surface area contributed by atoms with Crippen molar-refractivity contribution in [2.75, 3.05) is 0 Å². The van der Waals surface area contributed by atoms with E-state index in [-0.39, 0.29) is 35.9 Å². The molecule has 150 valence electrons. The lowest BCUT2D eigenvalue weighted by atomic mass is 9.96. The van der Waals surface area contributed by atoms with Gasteiger partial charge in [-0.15, -0.1) is 5.10 Å². The summed E-state index contributed by atoms with van der Waals surface area (Å²) in [5.74, 6) is 0.180. The van der Waals surface area contributed by atoms with Crippen molar-refractivity contribution in [1.82, 2.24) is 36.5 Å². The van der Waals surface area contributed by atoms with Gasteiger partial charge in [0, 0.05) is 18.6 Å². The minimum absolute atomic E-state index is 0.0618. The number of aromatic nitrogens is 3. The van der Waals surface area contributed by atoms with Gasteiger partial charge in [-0.25, -0.2) is 14.9 Å². The van der Waals surface area contributed by atoms with Crippen LogP contribution < -0.4 is 21.5 Å². The largest absolute Gasteiger partial charge is 0.446 e. The molecule has 2 unspecified atom stereocenters. The number of rotatable bonds is 4. The topological polar surface area (TPSA) is 122 Å². The normalized spacial score (nSPS) is 28.1. The molecule has 0 spiro atoms. The predicted molar refractivity (Wildman–Crippen MR) is 97.4 cm³/mol. The molecule has 0 radical (unpaired) electrons. The zero-order valence-electron chi connectivity index (χ0n) is 16.3. The summed E-state index contributed by atoms with van der Waals surface area (Å²) in [4.78, 5) is 24.2. The van der Waals surface area contributed by atoms with Crippen molar-refractivity contribution in [2.45, 2.75) is 70.3 Å². The summed E-state index contributed by atoms with van der Waals surface area (Å²) < 4.78 is 6.99. The molecule has 3 rings (SSSR count). The van der Waals surface area contributed by atoms with Gasteiger partial charge in [0.25, 0.3) is 5.91 Å². The van der Waals surface area contributed by atoms with Crippen molar-refractivity contribution in [3.63, 3.8) is 0 Å². The molecular weight excluding hydrogens is 350 g/mol. The molecule has 2 heterocycles. The summed E-state index contributed by atoms with van der Waals surface area (Å²) >= 11 is 0. The number of carbonyl (C=O) groups is 2. The highest BCUT2D eigenvalue weighted by Crippen LogP contribution is 2.33. The van der Waals surface area contributed by atoms with Gasteiger partial charge < -0.3 is 15.4 Å². The number of hydrogen-bond donors (Lipinski definition) is 4. The Hall–Kier alpha value is -2.20. The van der Waals surface area contributed by atoms with Crippen LogP contribution in [0, 0.1) is 5.92 Å². The lowest BCUT2D eigenvalue weighted by Gasteiger charge is -2.22. The van der Waals surface area contributed by atoms with Crippen LogP contribution in [0.2, 0.25) is 0 Å². The van der Waals surface area contributed by atoms with Gasteiger partial charge in [0.05, 0.1) is 12.4 Å². The maximum atomic E-state index is 12.3. The molecule has 27 heavy (non-hydrogen) atoms.